The SMILES string of the molecule is Cc1ccc(-n2c(CCC(=O)OCc3cccc(F)c3)nc3ccccc3c2=O)cc1. The molecule has 0 aliphatic heterocycles. The third-order valence-electron chi connectivity index (χ3n) is 4.98. The van der Waals surface area contributed by atoms with Crippen molar-refractivity contribution in [1.82, 2.24) is 9.55 Å². The van der Waals surface area contributed by atoms with Crippen molar-refractivity contribution in [3.63, 3.8) is 0 Å². The summed E-state index contributed by atoms with van der Waals surface area (Å²) in [6, 6.07) is 20.6. The van der Waals surface area contributed by atoms with Gasteiger partial charge in [-0.25, -0.2) is 9.37 Å². The number of esters is 1. The second-order valence-corrected chi connectivity index (χ2v) is 7.31. The molecule has 6 heteroatoms. The van der Waals surface area contributed by atoms with Crippen LogP contribution in [0.2, 0.25) is 0 Å². The molecular weight excluding hydrogens is 395 g/mol. The molecule has 156 valence electrons. The van der Waals surface area contributed by atoms with E-state index >= 15 is 0 Å². The number of hydrogen-bond donors (Lipinski definition) is 0. The number of nitrogens with zero attached hydrogens (tertiary/aromatic N) is 2. The van der Waals surface area contributed by atoms with Crippen LogP contribution in [0.4, 0.5) is 4.39 Å². The summed E-state index contributed by atoms with van der Waals surface area (Å²) in [5.74, 6) is -0.339. The lowest BCUT2D eigenvalue weighted by atomic mass is 10.2. The second-order valence-electron chi connectivity index (χ2n) is 7.31. The largest absolute Gasteiger partial charge is 0.461 e. The Morgan fingerprint density at radius 3 is 2.58 bits per heavy atom. The minimum absolute atomic E-state index is 0.00743. The molecule has 0 atom stereocenters. The molecule has 3 aromatic carbocycles. The fourth-order valence-corrected chi connectivity index (χ4v) is 3.38. The highest BCUT2D eigenvalue weighted by Crippen LogP contribution is 2.15. The lowest BCUT2D eigenvalue weighted by Crippen LogP contribution is -2.24. The van der Waals surface area contributed by atoms with Gasteiger partial charge in [-0.2, -0.15) is 0 Å². The molecule has 1 heterocycles. The fraction of sp³-hybridized carbons (Fsp3) is 0.160. The molecule has 0 spiro atoms. The van der Waals surface area contributed by atoms with Crippen LogP contribution in [0.5, 0.6) is 0 Å². The second kappa shape index (κ2) is 8.92. The van der Waals surface area contributed by atoms with Crippen LogP contribution in [0.3, 0.4) is 0 Å². The van der Waals surface area contributed by atoms with E-state index in [9.17, 15) is 14.0 Å². The van der Waals surface area contributed by atoms with Crippen molar-refractivity contribution in [3.8, 4) is 5.69 Å². The first-order valence-corrected chi connectivity index (χ1v) is 9.99. The quantitative estimate of drug-likeness (QED) is 0.434. The Bertz CT molecular complexity index is 1300. The third kappa shape index (κ3) is 4.69. The van der Waals surface area contributed by atoms with E-state index in [0.717, 1.165) is 5.56 Å². The third-order valence-corrected chi connectivity index (χ3v) is 4.98. The molecule has 1 aromatic heterocycles. The number of aryl methyl sites for hydroxylation is 2. The maximum absolute atomic E-state index is 13.3. The highest BCUT2D eigenvalue weighted by atomic mass is 19.1. The van der Waals surface area contributed by atoms with Crippen molar-refractivity contribution in [3.05, 3.63) is 106 Å². The number of carbonyl (C=O) groups is 1. The van der Waals surface area contributed by atoms with Gasteiger partial charge in [0.25, 0.3) is 5.56 Å². The molecule has 0 fully saturated rings. The van der Waals surface area contributed by atoms with E-state index in [-0.39, 0.29) is 30.8 Å². The van der Waals surface area contributed by atoms with Crippen molar-refractivity contribution >= 4 is 16.9 Å². The first-order chi connectivity index (χ1) is 15.0. The van der Waals surface area contributed by atoms with Crippen molar-refractivity contribution in [2.24, 2.45) is 0 Å². The van der Waals surface area contributed by atoms with Gasteiger partial charge in [-0.15, -0.1) is 0 Å². The highest BCUT2D eigenvalue weighted by molar-refractivity contribution is 5.78. The molecule has 0 unspecified atom stereocenters. The average Bonchev–Trinajstić information content (AvgIpc) is 2.77. The maximum Gasteiger partial charge on any atom is 0.306 e. The number of fused-ring (bicyclic) bond motifs is 1. The van der Waals surface area contributed by atoms with Gasteiger partial charge in [-0.3, -0.25) is 14.2 Å². The van der Waals surface area contributed by atoms with Crippen LogP contribution in [0.1, 0.15) is 23.4 Å². The molecule has 4 aromatic rings. The predicted octanol–water partition coefficient (Wildman–Crippen LogP) is 4.51. The van der Waals surface area contributed by atoms with E-state index < -0.39 is 5.97 Å². The monoisotopic (exact) mass is 416 g/mol. The van der Waals surface area contributed by atoms with Crippen LogP contribution in [-0.2, 0) is 22.6 Å². The number of para-hydroxylation sites is 1. The average molecular weight is 416 g/mol. The van der Waals surface area contributed by atoms with Crippen molar-refractivity contribution in [2.45, 2.75) is 26.4 Å². The molecule has 4 rings (SSSR count). The molecule has 0 aliphatic rings. The van der Waals surface area contributed by atoms with E-state index in [1.54, 1.807) is 34.9 Å². The van der Waals surface area contributed by atoms with Gasteiger partial charge in [0.1, 0.15) is 18.2 Å². The van der Waals surface area contributed by atoms with Gasteiger partial charge in [0.15, 0.2) is 0 Å². The molecular formula is C25H21FN2O3. The number of carbonyl (C=O) groups excluding carboxylic acids is 1. The predicted molar refractivity (Wildman–Crippen MR) is 117 cm³/mol. The number of aromatic nitrogens is 2. The Kier molecular flexibility index (Phi) is 5.89. The molecule has 0 N–H and O–H groups in total. The smallest absolute Gasteiger partial charge is 0.306 e. The van der Waals surface area contributed by atoms with Gasteiger partial charge in [0, 0.05) is 6.42 Å². The van der Waals surface area contributed by atoms with Crippen LogP contribution in [-0.4, -0.2) is 15.5 Å². The minimum atomic E-state index is -0.442. The van der Waals surface area contributed by atoms with Crippen LogP contribution in [0.15, 0.2) is 77.6 Å². The van der Waals surface area contributed by atoms with Crippen LogP contribution < -0.4 is 5.56 Å². The lowest BCUT2D eigenvalue weighted by molar-refractivity contribution is -0.144. The maximum atomic E-state index is 13.3. The van der Waals surface area contributed by atoms with Crippen LogP contribution >= 0.6 is 0 Å². The summed E-state index contributed by atoms with van der Waals surface area (Å²) in [7, 11) is 0. The summed E-state index contributed by atoms with van der Waals surface area (Å²) in [4.78, 5) is 30.1. The lowest BCUT2D eigenvalue weighted by Gasteiger charge is -2.14. The van der Waals surface area contributed by atoms with Gasteiger partial charge < -0.3 is 4.74 Å². The number of benzene rings is 3. The van der Waals surface area contributed by atoms with Crippen LogP contribution in [0, 0.1) is 12.7 Å². The number of hydrogen-bond acceptors (Lipinski definition) is 4. The zero-order valence-electron chi connectivity index (χ0n) is 17.0. The zero-order valence-corrected chi connectivity index (χ0v) is 17.0. The van der Waals surface area contributed by atoms with Gasteiger partial charge in [0.05, 0.1) is 23.0 Å². The number of rotatable bonds is 6. The first kappa shape index (κ1) is 20.5. The molecule has 0 saturated carbocycles. The Morgan fingerprint density at radius 2 is 1.81 bits per heavy atom. The minimum Gasteiger partial charge on any atom is -0.461 e. The summed E-state index contributed by atoms with van der Waals surface area (Å²) in [5.41, 5.74) is 2.75. The summed E-state index contributed by atoms with van der Waals surface area (Å²) in [6.07, 6.45) is 0.280. The topological polar surface area (TPSA) is 61.2 Å². The Hall–Kier alpha value is -3.80. The standard InChI is InChI=1S/C25H21FN2O3/c1-17-9-11-20(12-10-17)28-23(27-22-8-3-2-7-21(22)25(28)30)13-14-24(29)31-16-18-5-4-6-19(26)15-18/h2-12,15H,13-14,16H2,1H3. The Morgan fingerprint density at radius 1 is 1.03 bits per heavy atom. The first-order valence-electron chi connectivity index (χ1n) is 9.99. The molecule has 0 saturated heterocycles. The normalized spacial score (nSPS) is 10.9. The molecule has 0 radical (unpaired) electrons. The number of halogens is 1. The van der Waals surface area contributed by atoms with E-state index in [1.807, 2.05) is 37.3 Å². The van der Waals surface area contributed by atoms with Gasteiger partial charge in [-0.05, 0) is 48.9 Å². The molecule has 0 aliphatic carbocycles. The summed E-state index contributed by atoms with van der Waals surface area (Å²) in [6.45, 7) is 1.97. The van der Waals surface area contributed by atoms with E-state index in [0.29, 0.717) is 28.0 Å². The van der Waals surface area contributed by atoms with E-state index in [4.69, 9.17) is 4.74 Å². The fourth-order valence-electron chi connectivity index (χ4n) is 3.38. The molecule has 0 bridgehead atoms. The van der Waals surface area contributed by atoms with Gasteiger partial charge >= 0.3 is 5.97 Å². The molecule has 5 nitrogen and oxygen atoms in total. The molecule has 0 amide bonds. The Labute approximate surface area is 178 Å². The zero-order chi connectivity index (χ0) is 21.8. The van der Waals surface area contributed by atoms with E-state index in [1.165, 1.54) is 12.1 Å². The van der Waals surface area contributed by atoms with Crippen molar-refractivity contribution in [2.75, 3.05) is 0 Å². The van der Waals surface area contributed by atoms with Gasteiger partial charge in [0.2, 0.25) is 0 Å². The summed E-state index contributed by atoms with van der Waals surface area (Å²) >= 11 is 0. The van der Waals surface area contributed by atoms with Crippen molar-refractivity contribution in [1.29, 1.82) is 0 Å². The Balaban J connectivity index is 1.59. The van der Waals surface area contributed by atoms with Crippen molar-refractivity contribution < 1.29 is 13.9 Å². The van der Waals surface area contributed by atoms with Crippen LogP contribution in [0.25, 0.3) is 16.6 Å². The summed E-state index contributed by atoms with van der Waals surface area (Å²) < 4.78 is 20.1. The van der Waals surface area contributed by atoms with Gasteiger partial charge in [-0.1, -0.05) is 42.0 Å². The molecule has 31 heavy (non-hydrogen) atoms. The van der Waals surface area contributed by atoms with E-state index in [2.05, 4.69) is 4.98 Å². The summed E-state index contributed by atoms with van der Waals surface area (Å²) in [5, 5.41) is 0.514. The number of ether oxygens (including phenoxy) is 1. The highest BCUT2D eigenvalue weighted by Gasteiger charge is 2.14.